The van der Waals surface area contributed by atoms with Gasteiger partial charge in [0.25, 0.3) is 0 Å². The molecule has 1 aliphatic carbocycles. The molecule has 1 heteroatoms. The van der Waals surface area contributed by atoms with Gasteiger partial charge in [-0.2, -0.15) is 0 Å². The van der Waals surface area contributed by atoms with Gasteiger partial charge in [0.2, 0.25) is 0 Å². The first-order valence-electron chi connectivity index (χ1n) is 6.10. The van der Waals surface area contributed by atoms with Gasteiger partial charge < -0.3 is 5.73 Å². The Balaban J connectivity index is 2.13. The Morgan fingerprint density at radius 3 is 2.73 bits per heavy atom. The van der Waals surface area contributed by atoms with Crippen LogP contribution in [0.1, 0.15) is 49.7 Å². The average Bonchev–Trinajstić information content (AvgIpc) is 2.81. The van der Waals surface area contributed by atoms with Gasteiger partial charge in [-0.15, -0.1) is 0 Å². The molecule has 1 unspecified atom stereocenters. The molecule has 1 atom stereocenters. The molecule has 15 heavy (non-hydrogen) atoms. The van der Waals surface area contributed by atoms with E-state index in [0.717, 1.165) is 5.92 Å². The maximum atomic E-state index is 5.67. The van der Waals surface area contributed by atoms with Crippen LogP contribution < -0.4 is 5.73 Å². The predicted octanol–water partition coefficient (Wildman–Crippen LogP) is 3.44. The molecule has 1 aliphatic rings. The highest BCUT2D eigenvalue weighted by molar-refractivity contribution is 5.26. The molecule has 1 nitrogen and oxygen atoms in total. The molecule has 0 heterocycles. The molecule has 0 bridgehead atoms. The highest BCUT2D eigenvalue weighted by Gasteiger charge is 2.22. The van der Waals surface area contributed by atoms with E-state index >= 15 is 0 Å². The van der Waals surface area contributed by atoms with Crippen LogP contribution >= 0.6 is 0 Å². The molecule has 82 valence electrons. The predicted molar refractivity (Wildman–Crippen MR) is 64.7 cm³/mol. The third kappa shape index (κ3) is 2.40. The zero-order chi connectivity index (χ0) is 10.7. The monoisotopic (exact) mass is 203 g/mol. The Labute approximate surface area is 92.7 Å². The molecular weight excluding hydrogens is 182 g/mol. The topological polar surface area (TPSA) is 26.0 Å². The molecule has 0 saturated heterocycles. The van der Waals surface area contributed by atoms with Crippen molar-refractivity contribution in [3.8, 4) is 0 Å². The van der Waals surface area contributed by atoms with Crippen molar-refractivity contribution < 1.29 is 0 Å². The van der Waals surface area contributed by atoms with E-state index in [2.05, 4.69) is 31.2 Å². The molecule has 2 rings (SSSR count). The maximum absolute atomic E-state index is 5.67. The minimum absolute atomic E-state index is 0.658. The Morgan fingerprint density at radius 1 is 1.33 bits per heavy atom. The average molecular weight is 203 g/mol. The molecule has 0 spiro atoms. The number of hydrogen-bond acceptors (Lipinski definition) is 1. The van der Waals surface area contributed by atoms with Crippen molar-refractivity contribution in [2.75, 3.05) is 0 Å². The highest BCUT2D eigenvalue weighted by atomic mass is 14.5. The quantitative estimate of drug-likeness (QED) is 0.800. The molecule has 1 aromatic carbocycles. The number of rotatable bonds is 3. The van der Waals surface area contributed by atoms with Crippen molar-refractivity contribution in [2.24, 2.45) is 11.7 Å². The van der Waals surface area contributed by atoms with Crippen LogP contribution in [0.4, 0.5) is 0 Å². The van der Waals surface area contributed by atoms with Crippen molar-refractivity contribution in [1.29, 1.82) is 0 Å². The Kier molecular flexibility index (Phi) is 3.42. The first-order valence-corrected chi connectivity index (χ1v) is 6.10. The normalized spacial score (nSPS) is 19.3. The van der Waals surface area contributed by atoms with E-state index in [4.69, 9.17) is 5.73 Å². The summed E-state index contributed by atoms with van der Waals surface area (Å²) in [6.45, 7) is 3.02. The zero-order valence-corrected chi connectivity index (χ0v) is 9.58. The maximum Gasteiger partial charge on any atom is 0.0178 e. The van der Waals surface area contributed by atoms with Crippen LogP contribution in [0.2, 0.25) is 0 Å². The third-order valence-corrected chi connectivity index (χ3v) is 3.82. The molecule has 0 radical (unpaired) electrons. The summed E-state index contributed by atoms with van der Waals surface area (Å²) >= 11 is 0. The van der Waals surface area contributed by atoms with Crippen molar-refractivity contribution in [1.82, 2.24) is 0 Å². The number of benzene rings is 1. The molecule has 0 aliphatic heterocycles. The Bertz CT molecular complexity index is 313. The van der Waals surface area contributed by atoms with Crippen LogP contribution in [0.25, 0.3) is 0 Å². The largest absolute Gasteiger partial charge is 0.326 e. The lowest BCUT2D eigenvalue weighted by atomic mass is 9.86. The smallest absolute Gasteiger partial charge is 0.0178 e. The van der Waals surface area contributed by atoms with Crippen LogP contribution in [0, 0.1) is 5.92 Å². The van der Waals surface area contributed by atoms with E-state index in [1.807, 2.05) is 0 Å². The van der Waals surface area contributed by atoms with E-state index in [1.54, 1.807) is 0 Å². The lowest BCUT2D eigenvalue weighted by Gasteiger charge is -2.19. The van der Waals surface area contributed by atoms with Crippen molar-refractivity contribution in [3.63, 3.8) is 0 Å². The van der Waals surface area contributed by atoms with E-state index in [1.165, 1.54) is 36.8 Å². The summed E-state index contributed by atoms with van der Waals surface area (Å²) in [6, 6.07) is 8.79. The van der Waals surface area contributed by atoms with Crippen molar-refractivity contribution in [3.05, 3.63) is 35.4 Å². The second-order valence-corrected chi connectivity index (χ2v) is 4.78. The van der Waals surface area contributed by atoms with Gasteiger partial charge in [0, 0.05) is 6.54 Å². The van der Waals surface area contributed by atoms with Crippen LogP contribution in [-0.4, -0.2) is 0 Å². The Morgan fingerprint density at radius 2 is 2.07 bits per heavy atom. The van der Waals surface area contributed by atoms with Gasteiger partial charge >= 0.3 is 0 Å². The van der Waals surface area contributed by atoms with Crippen molar-refractivity contribution in [2.45, 2.75) is 45.1 Å². The summed E-state index contributed by atoms with van der Waals surface area (Å²) in [6.07, 6.45) is 5.67. The zero-order valence-electron chi connectivity index (χ0n) is 9.58. The molecule has 1 saturated carbocycles. The van der Waals surface area contributed by atoms with E-state index < -0.39 is 0 Å². The molecule has 2 N–H and O–H groups in total. The van der Waals surface area contributed by atoms with Crippen molar-refractivity contribution >= 4 is 0 Å². The van der Waals surface area contributed by atoms with Crippen LogP contribution in [0.5, 0.6) is 0 Å². The van der Waals surface area contributed by atoms with Crippen LogP contribution in [0.15, 0.2) is 24.3 Å². The van der Waals surface area contributed by atoms with Gasteiger partial charge in [-0.3, -0.25) is 0 Å². The molecule has 0 amide bonds. The van der Waals surface area contributed by atoms with Gasteiger partial charge in [0.15, 0.2) is 0 Å². The number of hydrogen-bond donors (Lipinski definition) is 1. The fourth-order valence-corrected chi connectivity index (χ4v) is 2.73. The summed E-state index contributed by atoms with van der Waals surface area (Å²) in [7, 11) is 0. The van der Waals surface area contributed by atoms with E-state index in [-0.39, 0.29) is 0 Å². The fourth-order valence-electron chi connectivity index (χ4n) is 2.73. The molecule has 0 aromatic heterocycles. The summed E-state index contributed by atoms with van der Waals surface area (Å²) in [5.41, 5.74) is 8.41. The first kappa shape index (κ1) is 10.7. The van der Waals surface area contributed by atoms with Gasteiger partial charge in [-0.1, -0.05) is 44.0 Å². The minimum atomic E-state index is 0.658. The summed E-state index contributed by atoms with van der Waals surface area (Å²) in [5, 5.41) is 0. The summed E-state index contributed by atoms with van der Waals surface area (Å²) in [5.74, 6) is 1.61. The lowest BCUT2D eigenvalue weighted by Crippen LogP contribution is -2.07. The lowest BCUT2D eigenvalue weighted by molar-refractivity contribution is 0.460. The van der Waals surface area contributed by atoms with Gasteiger partial charge in [0.1, 0.15) is 0 Å². The first-order chi connectivity index (χ1) is 7.31. The standard InChI is InChI=1S/C14H21N/c1-11(13-6-2-3-7-13)14-8-4-5-12(9-14)10-15/h4-5,8-9,11,13H,2-3,6-7,10,15H2,1H3. The molecular formula is C14H21N. The van der Waals surface area contributed by atoms with Gasteiger partial charge in [-0.05, 0) is 35.8 Å². The molecule has 1 fully saturated rings. The van der Waals surface area contributed by atoms with E-state index in [0.29, 0.717) is 12.5 Å². The second-order valence-electron chi connectivity index (χ2n) is 4.78. The minimum Gasteiger partial charge on any atom is -0.326 e. The van der Waals surface area contributed by atoms with Gasteiger partial charge in [0.05, 0.1) is 0 Å². The summed E-state index contributed by atoms with van der Waals surface area (Å²) in [4.78, 5) is 0. The fraction of sp³-hybridized carbons (Fsp3) is 0.571. The van der Waals surface area contributed by atoms with Crippen LogP contribution in [-0.2, 0) is 6.54 Å². The second kappa shape index (κ2) is 4.80. The highest BCUT2D eigenvalue weighted by Crippen LogP contribution is 2.36. The third-order valence-electron chi connectivity index (χ3n) is 3.82. The summed E-state index contributed by atoms with van der Waals surface area (Å²) < 4.78 is 0. The van der Waals surface area contributed by atoms with Gasteiger partial charge in [-0.25, -0.2) is 0 Å². The van der Waals surface area contributed by atoms with Crippen LogP contribution in [0.3, 0.4) is 0 Å². The molecule has 1 aromatic rings. The van der Waals surface area contributed by atoms with E-state index in [9.17, 15) is 0 Å². The number of nitrogens with two attached hydrogens (primary N) is 1. The Hall–Kier alpha value is -0.820. The SMILES string of the molecule is CC(c1cccc(CN)c1)C1CCCC1.